The van der Waals surface area contributed by atoms with Gasteiger partial charge in [-0.05, 0) is 16.9 Å². The summed E-state index contributed by atoms with van der Waals surface area (Å²) >= 11 is 0.190. The van der Waals surface area contributed by atoms with E-state index in [2.05, 4.69) is 10.3 Å². The fourth-order valence-corrected chi connectivity index (χ4v) is 3.23. The lowest BCUT2D eigenvalue weighted by Crippen LogP contribution is -2.36. The molecule has 16 heavy (non-hydrogen) atoms. The van der Waals surface area contributed by atoms with Crippen LogP contribution in [-0.4, -0.2) is 37.7 Å². The molecule has 0 bridgehead atoms. The molecule has 0 saturated carbocycles. The van der Waals surface area contributed by atoms with E-state index < -0.39 is 27.8 Å². The number of rotatable bonds is 4. The first kappa shape index (κ1) is 13.5. The molecule has 1 heterocycles. The molecular formula is C8H10AlF3N2OS. The highest BCUT2D eigenvalue weighted by molar-refractivity contribution is 7.11. The summed E-state index contributed by atoms with van der Waals surface area (Å²) in [7, 11) is 0. The number of hydrogen-bond acceptors (Lipinski definition) is 3. The van der Waals surface area contributed by atoms with Gasteiger partial charge in [0.05, 0.1) is 11.4 Å². The van der Waals surface area contributed by atoms with Crippen LogP contribution in [0.25, 0.3) is 0 Å². The SMILES string of the molecule is Cc1n[c]([AlH][C](=O)NCCC(F)(F)F)cs1. The van der Waals surface area contributed by atoms with Crippen LogP contribution in [0.1, 0.15) is 11.4 Å². The molecule has 0 aliphatic carbocycles. The van der Waals surface area contributed by atoms with Crippen molar-refractivity contribution in [1.82, 2.24) is 10.3 Å². The average molecular weight is 266 g/mol. The summed E-state index contributed by atoms with van der Waals surface area (Å²) in [5, 5.41) is 4.91. The first-order valence-corrected chi connectivity index (χ1v) is 6.90. The highest BCUT2D eigenvalue weighted by atomic mass is 32.1. The number of carbonyl (C=O) groups excluding carboxylic acids is 1. The summed E-state index contributed by atoms with van der Waals surface area (Å²) in [6, 6.07) is 0. The van der Waals surface area contributed by atoms with Crippen LogP contribution < -0.4 is 9.87 Å². The lowest BCUT2D eigenvalue weighted by molar-refractivity contribution is -0.132. The van der Waals surface area contributed by atoms with Crippen molar-refractivity contribution in [2.45, 2.75) is 19.5 Å². The van der Waals surface area contributed by atoms with E-state index in [4.69, 9.17) is 0 Å². The highest BCUT2D eigenvalue weighted by Crippen LogP contribution is 2.17. The summed E-state index contributed by atoms with van der Waals surface area (Å²) in [5.41, 5.74) is 0. The fourth-order valence-electron chi connectivity index (χ4n) is 1.06. The summed E-state index contributed by atoms with van der Waals surface area (Å²) < 4.78 is 35.8. The second kappa shape index (κ2) is 5.66. The van der Waals surface area contributed by atoms with Gasteiger partial charge in [0.2, 0.25) is 0 Å². The first-order valence-electron chi connectivity index (χ1n) is 4.61. The van der Waals surface area contributed by atoms with E-state index in [1.807, 2.05) is 6.92 Å². The van der Waals surface area contributed by atoms with Crippen LogP contribution in [-0.2, 0) is 0 Å². The Morgan fingerprint density at radius 3 is 2.81 bits per heavy atom. The molecular weight excluding hydrogens is 256 g/mol. The van der Waals surface area contributed by atoms with E-state index >= 15 is 0 Å². The van der Waals surface area contributed by atoms with Crippen LogP contribution >= 0.6 is 11.3 Å². The van der Waals surface area contributed by atoms with Crippen molar-refractivity contribution in [1.29, 1.82) is 0 Å². The third kappa shape index (κ3) is 5.49. The Morgan fingerprint density at radius 1 is 1.62 bits per heavy atom. The zero-order valence-electron chi connectivity index (χ0n) is 8.60. The topological polar surface area (TPSA) is 42.0 Å². The van der Waals surface area contributed by atoms with Crippen LogP contribution in [0, 0.1) is 6.92 Å². The standard InChI is InChI=1S/C4H5F3NO.C4H4NS.Al.H/c5-4(6,7)1-2-8-3-9;1-4-5-2-3-6-4;;/h1-2H2,(H,8,9);3H,1H3;;. The van der Waals surface area contributed by atoms with Crippen molar-refractivity contribution in [2.24, 2.45) is 0 Å². The fraction of sp³-hybridized carbons (Fsp3) is 0.500. The minimum Gasteiger partial charge on any atom is -0.372 e. The molecule has 8 heteroatoms. The molecule has 1 amide bonds. The summed E-state index contributed by atoms with van der Waals surface area (Å²) in [5.74, 6) is 0. The molecule has 1 N–H and O–H groups in total. The molecule has 1 aromatic heterocycles. The molecule has 3 nitrogen and oxygen atoms in total. The van der Waals surface area contributed by atoms with E-state index in [9.17, 15) is 18.0 Å². The van der Waals surface area contributed by atoms with Crippen molar-refractivity contribution >= 4 is 35.9 Å². The summed E-state index contributed by atoms with van der Waals surface area (Å²) in [6.07, 6.45) is -5.20. The number of nitrogens with one attached hydrogen (secondary N) is 1. The van der Waals surface area contributed by atoms with Crippen LogP contribution in [0.4, 0.5) is 18.0 Å². The van der Waals surface area contributed by atoms with Crippen LogP contribution in [0.15, 0.2) is 5.38 Å². The highest BCUT2D eigenvalue weighted by Gasteiger charge is 2.26. The largest absolute Gasteiger partial charge is 0.447 e. The van der Waals surface area contributed by atoms with Crippen molar-refractivity contribution in [3.8, 4) is 0 Å². The Morgan fingerprint density at radius 2 is 2.31 bits per heavy atom. The number of nitrogens with zero attached hydrogens (tertiary/aromatic N) is 1. The maximum Gasteiger partial charge on any atom is 0.447 e. The molecule has 0 saturated heterocycles. The molecule has 1 aromatic rings. The predicted octanol–water partition coefficient (Wildman–Crippen LogP) is 1.18. The van der Waals surface area contributed by atoms with Crippen LogP contribution in [0.2, 0.25) is 0 Å². The number of amides is 1. The van der Waals surface area contributed by atoms with Crippen molar-refractivity contribution < 1.29 is 18.0 Å². The third-order valence-corrected chi connectivity index (χ3v) is 4.15. The lowest BCUT2D eigenvalue weighted by atomic mass is 10.4. The molecule has 88 valence electrons. The smallest absolute Gasteiger partial charge is 0.372 e. The van der Waals surface area contributed by atoms with Gasteiger partial charge in [-0.2, -0.15) is 13.2 Å². The van der Waals surface area contributed by atoms with Gasteiger partial charge in [-0.1, -0.05) is 0 Å². The lowest BCUT2D eigenvalue weighted by Gasteiger charge is -2.06. The third-order valence-electron chi connectivity index (χ3n) is 1.74. The minimum atomic E-state index is -4.22. The van der Waals surface area contributed by atoms with E-state index in [1.165, 1.54) is 11.3 Å². The Kier molecular flexibility index (Phi) is 4.77. The Labute approximate surface area is 101 Å². The van der Waals surface area contributed by atoms with Gasteiger partial charge in [0.1, 0.15) is 4.77 Å². The van der Waals surface area contributed by atoms with Gasteiger partial charge in [0, 0.05) is 6.54 Å². The van der Waals surface area contributed by atoms with Gasteiger partial charge >= 0.3 is 21.4 Å². The summed E-state index contributed by atoms with van der Waals surface area (Å²) in [6.45, 7) is 1.47. The maximum atomic E-state index is 11.8. The van der Waals surface area contributed by atoms with E-state index in [0.717, 1.165) is 9.56 Å². The van der Waals surface area contributed by atoms with Gasteiger partial charge in [-0.25, -0.2) is 0 Å². The van der Waals surface area contributed by atoms with Gasteiger partial charge in [-0.3, -0.25) is 9.78 Å². The molecule has 1 rings (SSSR count). The average Bonchev–Trinajstić information content (AvgIpc) is 2.48. The van der Waals surface area contributed by atoms with Gasteiger partial charge < -0.3 is 5.32 Å². The monoisotopic (exact) mass is 266 g/mol. The summed E-state index contributed by atoms with van der Waals surface area (Å²) in [4.78, 5) is 15.4. The second-order valence-electron chi connectivity index (χ2n) is 3.25. The number of aromatic nitrogens is 1. The van der Waals surface area contributed by atoms with Crippen molar-refractivity contribution in [3.05, 3.63) is 10.4 Å². The van der Waals surface area contributed by atoms with Crippen molar-refractivity contribution in [2.75, 3.05) is 6.54 Å². The number of thiazole rings is 1. The minimum absolute atomic E-state index is 0.297. The number of halogens is 3. The van der Waals surface area contributed by atoms with Crippen molar-refractivity contribution in [3.63, 3.8) is 0 Å². The Balaban J connectivity index is 2.26. The molecule has 0 aliphatic rings. The zero-order chi connectivity index (χ0) is 12.2. The normalized spacial score (nSPS) is 11.2. The van der Waals surface area contributed by atoms with E-state index in [0.29, 0.717) is 0 Å². The zero-order valence-corrected chi connectivity index (χ0v) is 10.8. The molecule has 0 unspecified atom stereocenters. The Hall–Kier alpha value is -0.578. The van der Waals surface area contributed by atoms with E-state index in [-0.39, 0.29) is 11.3 Å². The van der Waals surface area contributed by atoms with Gasteiger partial charge in [0.25, 0.3) is 0 Å². The maximum absolute atomic E-state index is 11.8. The van der Waals surface area contributed by atoms with Gasteiger partial charge in [-0.15, -0.1) is 11.3 Å². The number of carbonyl (C=O) groups is 1. The van der Waals surface area contributed by atoms with Crippen LogP contribution in [0.5, 0.6) is 0 Å². The number of aryl methyl sites for hydroxylation is 1. The van der Waals surface area contributed by atoms with Crippen LogP contribution in [0.3, 0.4) is 0 Å². The van der Waals surface area contributed by atoms with Gasteiger partial charge in [0.15, 0.2) is 0 Å². The molecule has 0 aromatic carbocycles. The second-order valence-corrected chi connectivity index (χ2v) is 6.03. The quantitative estimate of drug-likeness (QED) is 0.831. The van der Waals surface area contributed by atoms with E-state index in [1.54, 1.807) is 5.38 Å². The number of alkyl halides is 3. The first-order chi connectivity index (χ1) is 7.37. The molecule has 0 aliphatic heterocycles. The number of hydrogen-bond donors (Lipinski definition) is 1. The Bertz CT molecular complexity index is 366. The molecule has 0 fully saturated rings. The molecule has 0 atom stereocenters. The predicted molar refractivity (Wildman–Crippen MR) is 57.7 cm³/mol. The molecule has 0 spiro atoms. The molecule has 0 radical (unpaired) electrons.